The van der Waals surface area contributed by atoms with Crippen LogP contribution in [0.1, 0.15) is 33.1 Å². The summed E-state index contributed by atoms with van der Waals surface area (Å²) in [5.41, 5.74) is 0.495. The van der Waals surface area contributed by atoms with Gasteiger partial charge in [-0.1, -0.05) is 0 Å². The van der Waals surface area contributed by atoms with Gasteiger partial charge in [0.1, 0.15) is 0 Å². The molecule has 0 unspecified atom stereocenters. The number of hydrogen-bond acceptors (Lipinski definition) is 2. The number of ether oxygens (including phenoxy) is 2. The van der Waals surface area contributed by atoms with E-state index in [0.29, 0.717) is 6.10 Å². The Kier molecular flexibility index (Phi) is 1.15. The van der Waals surface area contributed by atoms with Crippen LogP contribution in [0.5, 0.6) is 0 Å². The van der Waals surface area contributed by atoms with E-state index in [1.165, 1.54) is 19.3 Å². The maximum Gasteiger partial charge on any atom is 0.0920 e. The second kappa shape index (κ2) is 1.88. The molecular weight excluding hydrogens is 152 g/mol. The molecule has 2 nitrogen and oxygen atoms in total. The minimum atomic E-state index is 0.229. The smallest absolute Gasteiger partial charge is 0.0920 e. The average Bonchev–Trinajstić information content (AvgIpc) is 2.86. The normalized spacial score (nSPS) is 62.5. The standard InChI is InChI=1S/C10H16O2/c1-9-4-3-7(5-8(9)12-9)10(2)6-11-10/h7-8H,3-6H2,1-2H3/t7-,8+,9-,10+/m1/s1. The highest BCUT2D eigenvalue weighted by Gasteiger charge is 2.60. The van der Waals surface area contributed by atoms with Crippen molar-refractivity contribution in [1.82, 2.24) is 0 Å². The highest BCUT2D eigenvalue weighted by molar-refractivity contribution is 5.08. The van der Waals surface area contributed by atoms with Gasteiger partial charge in [0.15, 0.2) is 0 Å². The highest BCUT2D eigenvalue weighted by Crippen LogP contribution is 2.54. The molecule has 0 aromatic heterocycles. The minimum absolute atomic E-state index is 0.229. The van der Waals surface area contributed by atoms with Crippen LogP contribution in [0.4, 0.5) is 0 Å². The maximum absolute atomic E-state index is 5.66. The van der Waals surface area contributed by atoms with Crippen LogP contribution in [0, 0.1) is 5.92 Å². The average molecular weight is 168 g/mol. The number of hydrogen-bond donors (Lipinski definition) is 0. The van der Waals surface area contributed by atoms with Gasteiger partial charge in [-0.25, -0.2) is 0 Å². The maximum atomic E-state index is 5.66. The molecule has 12 heavy (non-hydrogen) atoms. The van der Waals surface area contributed by atoms with Crippen LogP contribution in [0.3, 0.4) is 0 Å². The molecule has 0 aromatic rings. The van der Waals surface area contributed by atoms with Gasteiger partial charge in [0.2, 0.25) is 0 Å². The fourth-order valence-electron chi connectivity index (χ4n) is 2.55. The van der Waals surface area contributed by atoms with Gasteiger partial charge >= 0.3 is 0 Å². The second-order valence-corrected chi connectivity index (χ2v) is 4.99. The van der Waals surface area contributed by atoms with E-state index in [-0.39, 0.29) is 11.2 Å². The van der Waals surface area contributed by atoms with Gasteiger partial charge in [-0.2, -0.15) is 0 Å². The third-order valence-electron chi connectivity index (χ3n) is 3.99. The third-order valence-corrected chi connectivity index (χ3v) is 3.99. The summed E-state index contributed by atoms with van der Waals surface area (Å²) < 4.78 is 11.1. The Morgan fingerprint density at radius 1 is 1.25 bits per heavy atom. The van der Waals surface area contributed by atoms with Crippen molar-refractivity contribution in [3.8, 4) is 0 Å². The lowest BCUT2D eigenvalue weighted by molar-refractivity contribution is 0.191. The Balaban J connectivity index is 1.70. The summed E-state index contributed by atoms with van der Waals surface area (Å²) in [5.74, 6) is 0.762. The molecule has 4 atom stereocenters. The predicted molar refractivity (Wildman–Crippen MR) is 45.0 cm³/mol. The Morgan fingerprint density at radius 3 is 2.58 bits per heavy atom. The molecule has 0 spiro atoms. The van der Waals surface area contributed by atoms with Gasteiger partial charge in [0.25, 0.3) is 0 Å². The fourth-order valence-corrected chi connectivity index (χ4v) is 2.55. The second-order valence-electron chi connectivity index (χ2n) is 4.99. The Bertz CT molecular complexity index is 222. The van der Waals surface area contributed by atoms with Gasteiger partial charge < -0.3 is 9.47 Å². The zero-order chi connectivity index (χ0) is 8.40. The molecule has 3 fully saturated rings. The van der Waals surface area contributed by atoms with Crippen LogP contribution in [-0.4, -0.2) is 23.9 Å². The molecular formula is C10H16O2. The van der Waals surface area contributed by atoms with E-state index in [4.69, 9.17) is 9.47 Å². The molecule has 0 radical (unpaired) electrons. The van der Waals surface area contributed by atoms with Crippen LogP contribution in [0.25, 0.3) is 0 Å². The number of fused-ring (bicyclic) bond motifs is 1. The molecule has 3 rings (SSSR count). The molecule has 0 amide bonds. The quantitative estimate of drug-likeness (QED) is 0.557. The first-order chi connectivity index (χ1) is 5.62. The third kappa shape index (κ3) is 0.882. The highest BCUT2D eigenvalue weighted by atomic mass is 16.6. The van der Waals surface area contributed by atoms with Gasteiger partial charge in [0, 0.05) is 0 Å². The van der Waals surface area contributed by atoms with Crippen LogP contribution in [-0.2, 0) is 9.47 Å². The first-order valence-corrected chi connectivity index (χ1v) is 4.94. The summed E-state index contributed by atoms with van der Waals surface area (Å²) in [6.45, 7) is 5.45. The van der Waals surface area contributed by atoms with Crippen LogP contribution >= 0.6 is 0 Å². The van der Waals surface area contributed by atoms with E-state index in [9.17, 15) is 0 Å². The topological polar surface area (TPSA) is 25.1 Å². The lowest BCUT2D eigenvalue weighted by Gasteiger charge is -2.25. The number of rotatable bonds is 1. The summed E-state index contributed by atoms with van der Waals surface area (Å²) in [5, 5.41) is 0. The van der Waals surface area contributed by atoms with Crippen molar-refractivity contribution in [3.05, 3.63) is 0 Å². The van der Waals surface area contributed by atoms with Crippen molar-refractivity contribution >= 4 is 0 Å². The Labute approximate surface area is 73.2 Å². The molecule has 1 aliphatic carbocycles. The zero-order valence-electron chi connectivity index (χ0n) is 7.80. The minimum Gasteiger partial charge on any atom is -0.370 e. The molecule has 68 valence electrons. The predicted octanol–water partition coefficient (Wildman–Crippen LogP) is 1.73. The van der Waals surface area contributed by atoms with E-state index >= 15 is 0 Å². The fraction of sp³-hybridized carbons (Fsp3) is 1.00. The summed E-state index contributed by atoms with van der Waals surface area (Å²) in [4.78, 5) is 0. The van der Waals surface area contributed by atoms with E-state index < -0.39 is 0 Å². The van der Waals surface area contributed by atoms with Crippen molar-refractivity contribution < 1.29 is 9.47 Å². The van der Waals surface area contributed by atoms with Gasteiger partial charge in [-0.3, -0.25) is 0 Å². The van der Waals surface area contributed by atoms with E-state index in [1.54, 1.807) is 0 Å². The zero-order valence-corrected chi connectivity index (χ0v) is 7.80. The molecule has 2 heteroatoms. The molecule has 2 aliphatic heterocycles. The van der Waals surface area contributed by atoms with Crippen molar-refractivity contribution in [2.24, 2.45) is 5.92 Å². The summed E-state index contributed by atoms with van der Waals surface area (Å²) >= 11 is 0. The van der Waals surface area contributed by atoms with Gasteiger partial charge in [-0.15, -0.1) is 0 Å². The monoisotopic (exact) mass is 168 g/mol. The molecule has 2 heterocycles. The van der Waals surface area contributed by atoms with E-state index in [2.05, 4.69) is 13.8 Å². The van der Waals surface area contributed by atoms with Crippen molar-refractivity contribution in [3.63, 3.8) is 0 Å². The lowest BCUT2D eigenvalue weighted by atomic mass is 9.77. The Morgan fingerprint density at radius 2 is 2.00 bits per heavy atom. The SMILES string of the molecule is C[C@@]12CC[C@@H]([C@]3(C)CO3)C[C@@H]1O2. The van der Waals surface area contributed by atoms with Crippen molar-refractivity contribution in [2.45, 2.75) is 50.4 Å². The largest absolute Gasteiger partial charge is 0.370 e. The summed E-state index contributed by atoms with van der Waals surface area (Å²) in [6, 6.07) is 0. The van der Waals surface area contributed by atoms with Crippen LogP contribution < -0.4 is 0 Å². The molecule has 2 saturated heterocycles. The molecule has 3 aliphatic rings. The van der Waals surface area contributed by atoms with Crippen molar-refractivity contribution in [1.29, 1.82) is 0 Å². The summed E-state index contributed by atoms with van der Waals surface area (Å²) in [7, 11) is 0. The molecule has 0 bridgehead atoms. The number of epoxide rings is 2. The summed E-state index contributed by atoms with van der Waals surface area (Å²) in [6.07, 6.45) is 4.31. The van der Waals surface area contributed by atoms with Crippen molar-refractivity contribution in [2.75, 3.05) is 6.61 Å². The van der Waals surface area contributed by atoms with Crippen LogP contribution in [0.2, 0.25) is 0 Å². The lowest BCUT2D eigenvalue weighted by Crippen LogP contribution is -2.29. The molecule has 0 N–H and O–H groups in total. The molecule has 0 aromatic carbocycles. The van der Waals surface area contributed by atoms with Gasteiger partial charge in [-0.05, 0) is 39.0 Å². The van der Waals surface area contributed by atoms with Gasteiger partial charge in [0.05, 0.1) is 23.9 Å². The van der Waals surface area contributed by atoms with E-state index in [0.717, 1.165) is 12.5 Å². The van der Waals surface area contributed by atoms with E-state index in [1.807, 2.05) is 0 Å². The van der Waals surface area contributed by atoms with Crippen LogP contribution in [0.15, 0.2) is 0 Å². The first kappa shape index (κ1) is 7.34. The molecule has 1 saturated carbocycles. The Hall–Kier alpha value is -0.0800. The first-order valence-electron chi connectivity index (χ1n) is 4.94.